The van der Waals surface area contributed by atoms with Gasteiger partial charge in [-0.15, -0.1) is 0 Å². The first kappa shape index (κ1) is 51.9. The van der Waals surface area contributed by atoms with Crippen molar-refractivity contribution < 1.29 is 48.5 Å². The van der Waals surface area contributed by atoms with E-state index in [0.717, 1.165) is 62.2 Å². The van der Waals surface area contributed by atoms with Crippen molar-refractivity contribution in [3.63, 3.8) is 0 Å². The number of aliphatic hydroxyl groups excluding tert-OH is 4. The molecule has 7 nitrogen and oxygen atoms in total. The number of aliphatic hydroxyl groups is 6. The van der Waals surface area contributed by atoms with Gasteiger partial charge in [-0.25, -0.2) is 0 Å². The van der Waals surface area contributed by atoms with E-state index >= 15 is 0 Å². The summed E-state index contributed by atoms with van der Waals surface area (Å²) in [5.41, 5.74) is 3.36. The Morgan fingerprint density at radius 1 is 0.714 bits per heavy atom. The SMILES string of the molecule is C=C1/C(=C\C=C2/CCCC3(C)C2CC[C@@H]3[C@H](C)CCCC(C)(O)C(F)(F)F)C[C@@H](O)CC1O.C=C1/C(=C\C=C2/CCCC3(C)C2CC[C@@H]3[C@H](C)OCCC(C)(C)O)C[C@@H](O)CC1O. The average Bonchev–Trinajstić information content (AvgIpc) is 3.73. The summed E-state index contributed by atoms with van der Waals surface area (Å²) < 4.78 is 45.1. The molecule has 6 aliphatic rings. The minimum absolute atomic E-state index is 0.136. The van der Waals surface area contributed by atoms with E-state index in [9.17, 15) is 43.8 Å². The zero-order valence-electron chi connectivity index (χ0n) is 39.7. The molecule has 6 saturated carbocycles. The van der Waals surface area contributed by atoms with E-state index in [1.165, 1.54) is 36.8 Å². The van der Waals surface area contributed by atoms with Crippen molar-refractivity contribution in [2.45, 2.75) is 212 Å². The van der Waals surface area contributed by atoms with Gasteiger partial charge in [0, 0.05) is 19.4 Å². The second-order valence-electron chi connectivity index (χ2n) is 22.1. The number of rotatable bonds is 12. The third-order valence-electron chi connectivity index (χ3n) is 16.9. The van der Waals surface area contributed by atoms with Crippen molar-refractivity contribution in [3.05, 3.63) is 70.9 Å². The van der Waals surface area contributed by atoms with E-state index in [-0.39, 0.29) is 23.4 Å². The van der Waals surface area contributed by atoms with Gasteiger partial charge in [0.05, 0.1) is 36.1 Å². The van der Waals surface area contributed by atoms with Crippen molar-refractivity contribution in [2.24, 2.45) is 40.4 Å². The number of ether oxygens (including phenoxy) is 1. The van der Waals surface area contributed by atoms with Crippen molar-refractivity contribution in [2.75, 3.05) is 6.61 Å². The van der Waals surface area contributed by atoms with Gasteiger partial charge in [0.25, 0.3) is 0 Å². The molecule has 0 spiro atoms. The Hall–Kier alpha value is -2.05. The molecule has 6 rings (SSSR count). The number of fused-ring (bicyclic) bond motifs is 2. The highest BCUT2D eigenvalue weighted by molar-refractivity contribution is 5.40. The number of hydrogen-bond donors (Lipinski definition) is 6. The first-order valence-electron chi connectivity index (χ1n) is 24.3. The summed E-state index contributed by atoms with van der Waals surface area (Å²) in [4.78, 5) is 0. The summed E-state index contributed by atoms with van der Waals surface area (Å²) in [7, 11) is 0. The molecule has 6 fully saturated rings. The van der Waals surface area contributed by atoms with Gasteiger partial charge in [-0.05, 0) is 187 Å². The number of alkyl halides is 3. The normalized spacial score (nSPS) is 38.6. The lowest BCUT2D eigenvalue weighted by molar-refractivity contribution is -0.255. The topological polar surface area (TPSA) is 131 Å². The summed E-state index contributed by atoms with van der Waals surface area (Å²) in [5.74, 6) is 2.34. The first-order valence-corrected chi connectivity index (χ1v) is 24.3. The standard InChI is InChI=1S/C27H41F3O3.C26H42O4/c1-17(7-5-14-26(4,33)27(28,29)30)22-11-12-23-19(8-6-13-25(22,23)3)9-10-20-15-21(31)16-24(32)18(20)2;1-17-20(15-21(27)16-24(17)28)9-8-19-7-6-12-26(5)22(10-11-23(19)26)18(2)30-14-13-25(3,4)29/h9-10,17,21-24,31-33H,2,5-8,11-16H2,1,3-4H3;8-9,18,21-24,27-29H,1,6-7,10-16H2,2-5H3/b19-9+,20-10-;19-8+,20-9-/t17-,21-,22-,23?,24?,25?,26?;18-,21+,22+,23?,24?,26?/m10/s1. The molecule has 0 aromatic heterocycles. The zero-order chi connectivity index (χ0) is 46.7. The fourth-order valence-electron chi connectivity index (χ4n) is 12.9. The van der Waals surface area contributed by atoms with Crippen LogP contribution in [0.1, 0.15) is 164 Å². The van der Waals surface area contributed by atoms with Gasteiger partial charge in [-0.2, -0.15) is 13.2 Å². The van der Waals surface area contributed by atoms with E-state index in [1.807, 2.05) is 19.9 Å². The van der Waals surface area contributed by atoms with Crippen LogP contribution in [-0.2, 0) is 4.74 Å². The third kappa shape index (κ3) is 12.5. The smallest absolute Gasteiger partial charge is 0.393 e. The van der Waals surface area contributed by atoms with Crippen LogP contribution in [0.4, 0.5) is 13.2 Å². The van der Waals surface area contributed by atoms with Crippen molar-refractivity contribution in [1.29, 1.82) is 0 Å². The number of halogens is 3. The van der Waals surface area contributed by atoms with Crippen LogP contribution >= 0.6 is 0 Å². The molecule has 10 heteroatoms. The van der Waals surface area contributed by atoms with Gasteiger partial charge in [0.1, 0.15) is 0 Å². The highest BCUT2D eigenvalue weighted by atomic mass is 19.4. The maximum atomic E-state index is 13.0. The number of hydrogen-bond acceptors (Lipinski definition) is 7. The molecule has 0 aromatic rings. The Morgan fingerprint density at radius 2 is 1.17 bits per heavy atom. The van der Waals surface area contributed by atoms with E-state index in [4.69, 9.17) is 4.74 Å². The lowest BCUT2D eigenvalue weighted by Crippen LogP contribution is -2.42. The molecule has 0 radical (unpaired) electrons. The lowest BCUT2D eigenvalue weighted by atomic mass is 9.60. The molecule has 0 bridgehead atoms. The van der Waals surface area contributed by atoms with E-state index in [1.54, 1.807) is 0 Å². The van der Waals surface area contributed by atoms with Gasteiger partial charge >= 0.3 is 6.18 Å². The Bertz CT molecular complexity index is 1720. The predicted octanol–water partition coefficient (Wildman–Crippen LogP) is 10.9. The van der Waals surface area contributed by atoms with Crippen LogP contribution in [0.25, 0.3) is 0 Å². The fraction of sp³-hybridized carbons (Fsp3) is 0.774. The maximum Gasteiger partial charge on any atom is 0.416 e. The molecular weight excluding hydrogens is 806 g/mol. The van der Waals surface area contributed by atoms with Crippen molar-refractivity contribution in [3.8, 4) is 0 Å². The minimum Gasteiger partial charge on any atom is -0.393 e. The minimum atomic E-state index is -4.59. The van der Waals surface area contributed by atoms with Gasteiger partial charge in [0.2, 0.25) is 0 Å². The highest BCUT2D eigenvalue weighted by Gasteiger charge is 2.53. The Morgan fingerprint density at radius 3 is 1.63 bits per heavy atom. The summed E-state index contributed by atoms with van der Waals surface area (Å²) in [6.07, 6.45) is 16.5. The van der Waals surface area contributed by atoms with Crippen LogP contribution in [-0.4, -0.2) is 85.1 Å². The van der Waals surface area contributed by atoms with E-state index in [0.29, 0.717) is 86.7 Å². The van der Waals surface area contributed by atoms with Crippen LogP contribution in [0, 0.1) is 40.4 Å². The Labute approximate surface area is 377 Å². The highest BCUT2D eigenvalue weighted by Crippen LogP contribution is 2.61. The molecular formula is C53H83F3O7. The van der Waals surface area contributed by atoms with Crippen LogP contribution in [0.2, 0.25) is 0 Å². The van der Waals surface area contributed by atoms with Crippen LogP contribution in [0.15, 0.2) is 70.9 Å². The van der Waals surface area contributed by atoms with E-state index < -0.39 is 41.8 Å². The first-order chi connectivity index (χ1) is 29.3. The van der Waals surface area contributed by atoms with Crippen LogP contribution in [0.5, 0.6) is 0 Å². The van der Waals surface area contributed by atoms with Gasteiger partial charge in [-0.1, -0.05) is 75.8 Å². The average molecular weight is 889 g/mol. The van der Waals surface area contributed by atoms with Crippen LogP contribution in [0.3, 0.4) is 0 Å². The number of allylic oxidation sites excluding steroid dienone is 6. The summed E-state index contributed by atoms with van der Waals surface area (Å²) in [5, 5.41) is 60.0. The fourth-order valence-corrected chi connectivity index (χ4v) is 12.9. The van der Waals surface area contributed by atoms with Crippen LogP contribution < -0.4 is 0 Å². The molecule has 358 valence electrons. The Kier molecular flexibility index (Phi) is 17.2. The summed E-state index contributed by atoms with van der Waals surface area (Å²) in [6.45, 7) is 22.3. The maximum absolute atomic E-state index is 13.0. The largest absolute Gasteiger partial charge is 0.416 e. The van der Waals surface area contributed by atoms with Crippen molar-refractivity contribution in [1.82, 2.24) is 0 Å². The molecule has 13 atom stereocenters. The summed E-state index contributed by atoms with van der Waals surface area (Å²) >= 11 is 0. The molecule has 0 aromatic carbocycles. The predicted molar refractivity (Wildman–Crippen MR) is 245 cm³/mol. The zero-order valence-corrected chi connectivity index (χ0v) is 39.7. The quantitative estimate of drug-likeness (QED) is 0.115. The van der Waals surface area contributed by atoms with Gasteiger partial charge in [-0.3, -0.25) is 0 Å². The van der Waals surface area contributed by atoms with Crippen molar-refractivity contribution >= 4 is 0 Å². The molecule has 0 amide bonds. The molecule has 0 aliphatic heterocycles. The van der Waals surface area contributed by atoms with Gasteiger partial charge in [0.15, 0.2) is 5.60 Å². The summed E-state index contributed by atoms with van der Waals surface area (Å²) in [6, 6.07) is 0. The van der Waals surface area contributed by atoms with E-state index in [2.05, 4.69) is 59.1 Å². The molecule has 6 aliphatic carbocycles. The molecule has 0 heterocycles. The lowest BCUT2D eigenvalue weighted by Gasteiger charge is -2.44. The molecule has 6 N–H and O–H groups in total. The van der Waals surface area contributed by atoms with Gasteiger partial charge < -0.3 is 35.4 Å². The molecule has 7 unspecified atom stereocenters. The second kappa shape index (κ2) is 20.9. The second-order valence-corrected chi connectivity index (χ2v) is 22.1. The molecule has 63 heavy (non-hydrogen) atoms. The monoisotopic (exact) mass is 889 g/mol. The Balaban J connectivity index is 0.000000239. The molecule has 0 saturated heterocycles. The third-order valence-corrected chi connectivity index (χ3v) is 16.9.